The third kappa shape index (κ3) is 4.93. The first-order valence-electron chi connectivity index (χ1n) is 13.2. The van der Waals surface area contributed by atoms with Gasteiger partial charge in [-0.25, -0.2) is 4.79 Å². The number of nitrogens with zero attached hydrogens (tertiary/aromatic N) is 1. The van der Waals surface area contributed by atoms with Crippen LogP contribution in [0.1, 0.15) is 41.0 Å². The van der Waals surface area contributed by atoms with Gasteiger partial charge in [-0.05, 0) is 46.7 Å². The maximum atomic E-state index is 13.3. The Labute approximate surface area is 224 Å². The molecule has 0 spiro atoms. The number of hydrogen-bond acceptors (Lipinski definition) is 4. The van der Waals surface area contributed by atoms with E-state index in [1.165, 1.54) is 6.07 Å². The number of halogens is 3. The first kappa shape index (κ1) is 25.6. The third-order valence-corrected chi connectivity index (χ3v) is 8.16. The van der Waals surface area contributed by atoms with Crippen LogP contribution in [0.25, 0.3) is 11.1 Å². The number of hydrogen-bond donors (Lipinski definition) is 0. The van der Waals surface area contributed by atoms with E-state index < -0.39 is 17.8 Å². The minimum atomic E-state index is -4.46. The Kier molecular flexibility index (Phi) is 6.67. The van der Waals surface area contributed by atoms with Gasteiger partial charge in [0.1, 0.15) is 12.4 Å². The van der Waals surface area contributed by atoms with Crippen molar-refractivity contribution in [1.82, 2.24) is 4.90 Å². The number of alkyl halides is 3. The van der Waals surface area contributed by atoms with Gasteiger partial charge in [-0.2, -0.15) is 13.2 Å². The van der Waals surface area contributed by atoms with Gasteiger partial charge in [0.05, 0.1) is 30.9 Å². The number of morpholine rings is 1. The molecule has 6 rings (SSSR count). The largest absolute Gasteiger partial charge is 0.448 e. The third-order valence-electron chi connectivity index (χ3n) is 8.16. The lowest BCUT2D eigenvalue weighted by atomic mass is 9.81. The van der Waals surface area contributed by atoms with E-state index in [0.717, 1.165) is 34.4 Å². The summed E-state index contributed by atoms with van der Waals surface area (Å²) in [5, 5.41) is 0. The molecule has 8 heteroatoms. The highest BCUT2D eigenvalue weighted by Crippen LogP contribution is 2.45. The SMILES string of the molecule is O=C(Cc1cccc(C(F)(F)F)c1)C1CC2COCC(C1)N2C(=O)OCC1c2ccccc2-c2ccccc21. The number of Topliss-reactive ketones (excluding diaryl/α,β-unsaturated/α-hetero) is 1. The van der Waals surface area contributed by atoms with Crippen LogP contribution in [0.3, 0.4) is 0 Å². The smallest absolute Gasteiger partial charge is 0.416 e. The van der Waals surface area contributed by atoms with Crippen LogP contribution in [0.15, 0.2) is 72.8 Å². The summed E-state index contributed by atoms with van der Waals surface area (Å²) >= 11 is 0. The Morgan fingerprint density at radius 1 is 0.872 bits per heavy atom. The molecule has 0 radical (unpaired) electrons. The van der Waals surface area contributed by atoms with Gasteiger partial charge in [0.2, 0.25) is 0 Å². The lowest BCUT2D eigenvalue weighted by Gasteiger charge is -2.47. The minimum absolute atomic E-state index is 0.0518. The van der Waals surface area contributed by atoms with E-state index in [0.29, 0.717) is 31.6 Å². The minimum Gasteiger partial charge on any atom is -0.448 e. The van der Waals surface area contributed by atoms with Gasteiger partial charge in [-0.1, -0.05) is 66.7 Å². The van der Waals surface area contributed by atoms with Crippen LogP contribution in [-0.4, -0.2) is 48.7 Å². The lowest BCUT2D eigenvalue weighted by molar-refractivity contribution is -0.137. The Balaban J connectivity index is 1.12. The molecule has 2 unspecified atom stereocenters. The summed E-state index contributed by atoms with van der Waals surface area (Å²) in [4.78, 5) is 28.2. The highest BCUT2D eigenvalue weighted by atomic mass is 19.4. The predicted octanol–water partition coefficient (Wildman–Crippen LogP) is 6.25. The lowest BCUT2D eigenvalue weighted by Crippen LogP contribution is -2.60. The molecule has 3 aliphatic rings. The monoisotopic (exact) mass is 535 g/mol. The van der Waals surface area contributed by atoms with E-state index in [9.17, 15) is 22.8 Å². The molecule has 202 valence electrons. The average molecular weight is 536 g/mol. The molecular formula is C31H28F3NO4. The van der Waals surface area contributed by atoms with Crippen molar-refractivity contribution in [3.05, 3.63) is 95.1 Å². The van der Waals surface area contributed by atoms with Crippen LogP contribution in [-0.2, 0) is 26.9 Å². The van der Waals surface area contributed by atoms with E-state index in [2.05, 4.69) is 24.3 Å². The first-order chi connectivity index (χ1) is 18.8. The van der Waals surface area contributed by atoms with Crippen molar-refractivity contribution < 1.29 is 32.2 Å². The second-order valence-electron chi connectivity index (χ2n) is 10.6. The standard InChI is InChI=1S/C31H28F3NO4/c32-31(33,34)21-7-5-6-19(12-21)13-29(36)20-14-22-16-38-17-23(15-20)35(22)30(37)39-18-28-26-10-3-1-8-24(26)25-9-2-4-11-27(25)28/h1-12,20,22-23,28H,13-18H2. The summed E-state index contributed by atoms with van der Waals surface area (Å²) in [6.07, 6.45) is -4.14. The zero-order chi connectivity index (χ0) is 27.1. The highest BCUT2D eigenvalue weighted by molar-refractivity contribution is 5.84. The predicted molar refractivity (Wildman–Crippen MR) is 138 cm³/mol. The van der Waals surface area contributed by atoms with Crippen LogP contribution >= 0.6 is 0 Å². The van der Waals surface area contributed by atoms with Gasteiger partial charge in [0.25, 0.3) is 0 Å². The quantitative estimate of drug-likeness (QED) is 0.388. The Bertz CT molecular complexity index is 1340. The maximum Gasteiger partial charge on any atom is 0.416 e. The fraction of sp³-hybridized carbons (Fsp3) is 0.355. The molecule has 0 aromatic heterocycles. The number of carbonyl (C=O) groups excluding carboxylic acids is 2. The molecule has 3 aromatic rings. The first-order valence-corrected chi connectivity index (χ1v) is 13.2. The highest BCUT2D eigenvalue weighted by Gasteiger charge is 2.44. The van der Waals surface area contributed by atoms with Crippen molar-refractivity contribution in [2.75, 3.05) is 19.8 Å². The molecule has 2 saturated heterocycles. The molecular weight excluding hydrogens is 507 g/mol. The number of ether oxygens (including phenoxy) is 2. The topological polar surface area (TPSA) is 55.8 Å². The van der Waals surface area contributed by atoms with Crippen LogP contribution in [0.4, 0.5) is 18.0 Å². The Morgan fingerprint density at radius 3 is 2.10 bits per heavy atom. The second kappa shape index (κ2) is 10.2. The van der Waals surface area contributed by atoms with Crippen molar-refractivity contribution >= 4 is 11.9 Å². The van der Waals surface area contributed by atoms with E-state index in [4.69, 9.17) is 9.47 Å². The molecule has 39 heavy (non-hydrogen) atoms. The summed E-state index contributed by atoms with van der Waals surface area (Å²) in [5.74, 6) is -0.515. The fourth-order valence-corrected chi connectivity index (χ4v) is 6.35. The van der Waals surface area contributed by atoms with Crippen LogP contribution in [0, 0.1) is 5.92 Å². The van der Waals surface area contributed by atoms with Crippen LogP contribution in [0.2, 0.25) is 0 Å². The normalized spacial score (nSPS) is 22.2. The molecule has 2 atom stereocenters. The van der Waals surface area contributed by atoms with Gasteiger partial charge >= 0.3 is 12.3 Å². The Hall–Kier alpha value is -3.65. The molecule has 1 aliphatic carbocycles. The summed E-state index contributed by atoms with van der Waals surface area (Å²) in [6.45, 7) is 0.809. The molecule has 0 N–H and O–H groups in total. The zero-order valence-electron chi connectivity index (χ0n) is 21.2. The van der Waals surface area contributed by atoms with Gasteiger partial charge in [0, 0.05) is 18.3 Å². The van der Waals surface area contributed by atoms with Crippen LogP contribution < -0.4 is 0 Å². The van der Waals surface area contributed by atoms with Crippen LogP contribution in [0.5, 0.6) is 0 Å². The molecule has 2 heterocycles. The summed E-state index contributed by atoms with van der Waals surface area (Å²) in [7, 11) is 0. The number of rotatable bonds is 5. The number of piperidine rings is 1. The number of fused-ring (bicyclic) bond motifs is 5. The molecule has 2 aliphatic heterocycles. The van der Waals surface area contributed by atoms with Gasteiger partial charge in [-0.15, -0.1) is 0 Å². The summed E-state index contributed by atoms with van der Waals surface area (Å²) < 4.78 is 50.9. The van der Waals surface area contributed by atoms with Gasteiger partial charge < -0.3 is 9.47 Å². The molecule has 2 bridgehead atoms. The fourth-order valence-electron chi connectivity index (χ4n) is 6.35. The molecule has 1 amide bonds. The van der Waals surface area contributed by atoms with Crippen molar-refractivity contribution in [3.8, 4) is 11.1 Å². The number of ketones is 1. The van der Waals surface area contributed by atoms with Crippen molar-refractivity contribution in [2.24, 2.45) is 5.92 Å². The number of amides is 1. The van der Waals surface area contributed by atoms with Gasteiger partial charge in [-0.3, -0.25) is 9.69 Å². The van der Waals surface area contributed by atoms with E-state index in [1.807, 2.05) is 24.3 Å². The molecule has 5 nitrogen and oxygen atoms in total. The zero-order valence-corrected chi connectivity index (χ0v) is 21.2. The molecule has 0 saturated carbocycles. The maximum absolute atomic E-state index is 13.3. The summed E-state index contributed by atoms with van der Waals surface area (Å²) in [5.41, 5.74) is 4.15. The second-order valence-corrected chi connectivity index (χ2v) is 10.6. The average Bonchev–Trinajstić information content (AvgIpc) is 3.24. The van der Waals surface area contributed by atoms with Crippen molar-refractivity contribution in [2.45, 2.75) is 43.4 Å². The van der Waals surface area contributed by atoms with E-state index in [1.54, 1.807) is 11.0 Å². The van der Waals surface area contributed by atoms with E-state index in [-0.39, 0.29) is 42.7 Å². The summed E-state index contributed by atoms with van der Waals surface area (Å²) in [6, 6.07) is 20.6. The molecule has 3 aromatic carbocycles. The van der Waals surface area contributed by atoms with Gasteiger partial charge in [0.15, 0.2) is 0 Å². The Morgan fingerprint density at radius 2 is 1.49 bits per heavy atom. The van der Waals surface area contributed by atoms with Crippen molar-refractivity contribution in [3.63, 3.8) is 0 Å². The number of benzene rings is 3. The number of carbonyl (C=O) groups is 2. The molecule has 2 fully saturated rings. The van der Waals surface area contributed by atoms with Crippen molar-refractivity contribution in [1.29, 1.82) is 0 Å². The van der Waals surface area contributed by atoms with E-state index >= 15 is 0 Å².